The summed E-state index contributed by atoms with van der Waals surface area (Å²) in [6, 6.07) is -4.54. The molecule has 1 aliphatic heterocycles. The van der Waals surface area contributed by atoms with E-state index in [1.807, 2.05) is 34.6 Å². The first-order valence-corrected chi connectivity index (χ1v) is 16.2. The van der Waals surface area contributed by atoms with Crippen molar-refractivity contribution in [2.75, 3.05) is 6.54 Å². The van der Waals surface area contributed by atoms with E-state index in [4.69, 9.17) is 10.5 Å². The summed E-state index contributed by atoms with van der Waals surface area (Å²) in [6.45, 7) is 13.1. The van der Waals surface area contributed by atoms with Crippen LogP contribution in [0.25, 0.3) is 0 Å². The van der Waals surface area contributed by atoms with E-state index in [1.165, 1.54) is 4.90 Å². The number of urea groups is 1. The maximum atomic E-state index is 14.1. The summed E-state index contributed by atoms with van der Waals surface area (Å²) in [5, 5.41) is 8.24. The standard InChI is InChI=1S/C32H55N5O7/c1-19(2)17-24(28(40)34-23(25(38)27(33)39)18-21-13-12-14-21)37-16-11-9-8-10-15-22(29(37)41)35-31(43)36-26(32(5,6)7)30(42)44-20(3)4/h19-24,26H,8-18H2,1-7H3,(H2,33,39)(H,34,40)(H2,35,36,43)/t22-,23?,24-,26?/m0/s1. The van der Waals surface area contributed by atoms with Crippen LogP contribution in [0.4, 0.5) is 4.79 Å². The third-order valence-corrected chi connectivity index (χ3v) is 8.30. The van der Waals surface area contributed by atoms with Crippen molar-refractivity contribution >= 4 is 35.5 Å². The molecule has 0 bridgehead atoms. The number of nitrogens with two attached hydrogens (primary N) is 1. The Hall–Kier alpha value is -3.18. The number of ketones is 1. The lowest BCUT2D eigenvalue weighted by molar-refractivity contribution is -0.152. The highest BCUT2D eigenvalue weighted by atomic mass is 16.5. The zero-order valence-corrected chi connectivity index (χ0v) is 27.7. The number of nitrogens with zero attached hydrogens (tertiary/aromatic N) is 1. The smallest absolute Gasteiger partial charge is 0.329 e. The lowest BCUT2D eigenvalue weighted by Gasteiger charge is -2.36. The fourth-order valence-corrected chi connectivity index (χ4v) is 5.68. The maximum absolute atomic E-state index is 14.1. The van der Waals surface area contributed by atoms with Gasteiger partial charge in [-0.3, -0.25) is 19.2 Å². The van der Waals surface area contributed by atoms with Gasteiger partial charge in [-0.1, -0.05) is 73.1 Å². The van der Waals surface area contributed by atoms with E-state index in [0.717, 1.165) is 32.1 Å². The minimum Gasteiger partial charge on any atom is -0.461 e. The van der Waals surface area contributed by atoms with Crippen LogP contribution < -0.4 is 21.7 Å². The first-order valence-electron chi connectivity index (χ1n) is 16.2. The van der Waals surface area contributed by atoms with Crippen LogP contribution in [0.1, 0.15) is 113 Å². The van der Waals surface area contributed by atoms with E-state index in [0.29, 0.717) is 38.6 Å². The van der Waals surface area contributed by atoms with Crippen molar-refractivity contribution in [3.05, 3.63) is 0 Å². The van der Waals surface area contributed by atoms with Gasteiger partial charge in [0.25, 0.3) is 5.91 Å². The Kier molecular flexibility index (Phi) is 14.1. The van der Waals surface area contributed by atoms with Crippen molar-refractivity contribution in [1.29, 1.82) is 0 Å². The highest BCUT2D eigenvalue weighted by Gasteiger charge is 2.39. The predicted octanol–water partition coefficient (Wildman–Crippen LogP) is 2.96. The molecule has 4 atom stereocenters. The molecular formula is C32H55N5O7. The van der Waals surface area contributed by atoms with Gasteiger partial charge in [0, 0.05) is 6.54 Å². The average Bonchev–Trinajstić information content (AvgIpc) is 2.96. The summed E-state index contributed by atoms with van der Waals surface area (Å²) in [6.07, 6.45) is 6.58. The highest BCUT2D eigenvalue weighted by Crippen LogP contribution is 2.31. The van der Waals surface area contributed by atoms with Gasteiger partial charge in [-0.15, -0.1) is 0 Å². The molecule has 1 aliphatic carbocycles. The van der Waals surface area contributed by atoms with Gasteiger partial charge in [-0.25, -0.2) is 9.59 Å². The van der Waals surface area contributed by atoms with E-state index >= 15 is 0 Å². The van der Waals surface area contributed by atoms with Crippen molar-refractivity contribution in [3.63, 3.8) is 0 Å². The quantitative estimate of drug-likeness (QED) is 0.180. The van der Waals surface area contributed by atoms with E-state index in [9.17, 15) is 28.8 Å². The van der Waals surface area contributed by atoms with Gasteiger partial charge in [-0.2, -0.15) is 0 Å². The molecule has 0 aromatic carbocycles. The Morgan fingerprint density at radius 2 is 1.57 bits per heavy atom. The number of esters is 1. The molecule has 0 radical (unpaired) electrons. The molecule has 5 N–H and O–H groups in total. The average molecular weight is 622 g/mol. The number of Topliss-reactive ketones (excluding diaryl/α,β-unsaturated/α-hetero) is 1. The molecule has 12 heteroatoms. The zero-order chi connectivity index (χ0) is 33.2. The van der Waals surface area contributed by atoms with E-state index in [1.54, 1.807) is 13.8 Å². The zero-order valence-electron chi connectivity index (χ0n) is 27.7. The third kappa shape index (κ3) is 11.4. The minimum absolute atomic E-state index is 0.0253. The summed E-state index contributed by atoms with van der Waals surface area (Å²) in [5.41, 5.74) is 4.66. The first-order chi connectivity index (χ1) is 20.5. The lowest BCUT2D eigenvalue weighted by atomic mass is 9.80. The normalized spacial score (nSPS) is 20.3. The number of nitrogens with one attached hydrogen (secondary N) is 3. The number of ether oxygens (including phenoxy) is 1. The van der Waals surface area contributed by atoms with Crippen LogP contribution in [0, 0.1) is 17.3 Å². The van der Waals surface area contributed by atoms with Crippen LogP contribution in [0.3, 0.4) is 0 Å². The van der Waals surface area contributed by atoms with Crippen molar-refractivity contribution in [2.45, 2.75) is 143 Å². The van der Waals surface area contributed by atoms with Gasteiger partial charge in [0.2, 0.25) is 17.6 Å². The number of hydrogen-bond acceptors (Lipinski definition) is 7. The van der Waals surface area contributed by atoms with Crippen LogP contribution >= 0.6 is 0 Å². The Labute approximate surface area is 262 Å². The Bertz CT molecular complexity index is 1030. The Balaban J connectivity index is 2.31. The molecule has 0 spiro atoms. The summed E-state index contributed by atoms with van der Waals surface area (Å²) < 4.78 is 5.36. The topological polar surface area (TPSA) is 177 Å². The van der Waals surface area contributed by atoms with Crippen LogP contribution in [0.5, 0.6) is 0 Å². The van der Waals surface area contributed by atoms with E-state index in [-0.39, 0.29) is 17.9 Å². The van der Waals surface area contributed by atoms with Gasteiger partial charge >= 0.3 is 12.0 Å². The molecule has 5 amide bonds. The molecule has 0 aromatic heterocycles. The molecule has 2 aliphatic rings. The SMILES string of the molecule is CC(C)C[C@@H](C(=O)NC(CC1CCC1)C(=O)C(N)=O)N1CCCCCC[C@H](NC(=O)NC(C(=O)OC(C)C)C(C)(C)C)C1=O. The van der Waals surface area contributed by atoms with Crippen molar-refractivity contribution in [2.24, 2.45) is 23.0 Å². The predicted molar refractivity (Wildman–Crippen MR) is 166 cm³/mol. The molecule has 2 rings (SSSR count). The largest absolute Gasteiger partial charge is 0.461 e. The maximum Gasteiger partial charge on any atom is 0.329 e. The molecule has 2 unspecified atom stereocenters. The van der Waals surface area contributed by atoms with Gasteiger partial charge in [0.1, 0.15) is 18.1 Å². The minimum atomic E-state index is -1.10. The first kappa shape index (κ1) is 37.0. The fraction of sp³-hybridized carbons (Fsp3) is 0.812. The van der Waals surface area contributed by atoms with Gasteiger partial charge in [-0.05, 0) is 56.8 Å². The number of rotatable bonds is 13. The molecule has 1 saturated carbocycles. The van der Waals surface area contributed by atoms with Crippen LogP contribution in [-0.4, -0.2) is 77.2 Å². The molecule has 1 saturated heterocycles. The second-order valence-corrected chi connectivity index (χ2v) is 14.2. The van der Waals surface area contributed by atoms with Gasteiger partial charge < -0.3 is 31.3 Å². The summed E-state index contributed by atoms with van der Waals surface area (Å²) >= 11 is 0. The molecule has 1 heterocycles. The molecule has 2 fully saturated rings. The number of carbonyl (C=O) groups excluding carboxylic acids is 6. The van der Waals surface area contributed by atoms with Crippen molar-refractivity contribution < 1.29 is 33.5 Å². The molecule has 12 nitrogen and oxygen atoms in total. The number of amides is 5. The molecule has 0 aromatic rings. The third-order valence-electron chi connectivity index (χ3n) is 8.30. The summed E-state index contributed by atoms with van der Waals surface area (Å²) in [4.78, 5) is 79.9. The second kappa shape index (κ2) is 16.8. The number of hydrogen-bond donors (Lipinski definition) is 4. The van der Waals surface area contributed by atoms with Crippen LogP contribution in [0.15, 0.2) is 0 Å². The Morgan fingerprint density at radius 1 is 0.932 bits per heavy atom. The lowest BCUT2D eigenvalue weighted by Crippen LogP contribution is -2.60. The molecule has 44 heavy (non-hydrogen) atoms. The number of primary amides is 1. The monoisotopic (exact) mass is 621 g/mol. The highest BCUT2D eigenvalue weighted by molar-refractivity contribution is 6.37. The van der Waals surface area contributed by atoms with Gasteiger partial charge in [0.15, 0.2) is 0 Å². The number of carbonyl (C=O) groups is 6. The van der Waals surface area contributed by atoms with Crippen LogP contribution in [0.2, 0.25) is 0 Å². The summed E-state index contributed by atoms with van der Waals surface area (Å²) in [5.74, 6) is -3.19. The Morgan fingerprint density at radius 3 is 2.09 bits per heavy atom. The van der Waals surface area contributed by atoms with Crippen molar-refractivity contribution in [1.82, 2.24) is 20.9 Å². The molecule has 250 valence electrons. The second-order valence-electron chi connectivity index (χ2n) is 14.2. The van der Waals surface area contributed by atoms with Crippen molar-refractivity contribution in [3.8, 4) is 0 Å². The van der Waals surface area contributed by atoms with Crippen LogP contribution in [-0.2, 0) is 28.7 Å². The summed E-state index contributed by atoms with van der Waals surface area (Å²) in [7, 11) is 0. The van der Waals surface area contributed by atoms with Gasteiger partial charge in [0.05, 0.1) is 12.1 Å². The van der Waals surface area contributed by atoms with E-state index < -0.39 is 65.1 Å². The fourth-order valence-electron chi connectivity index (χ4n) is 5.68. The molecular weight excluding hydrogens is 566 g/mol. The van der Waals surface area contributed by atoms with E-state index in [2.05, 4.69) is 16.0 Å².